The molecule has 6 heteroatoms. The number of amides is 2. The zero-order valence-electron chi connectivity index (χ0n) is 14.5. The normalized spacial score (nSPS) is 17.4. The molecule has 0 spiro atoms. The van der Waals surface area contributed by atoms with Crippen molar-refractivity contribution in [1.29, 1.82) is 0 Å². The van der Waals surface area contributed by atoms with Crippen molar-refractivity contribution < 1.29 is 9.32 Å². The molecule has 2 amide bonds. The molecule has 0 aliphatic carbocycles. The first kappa shape index (κ1) is 15.7. The summed E-state index contributed by atoms with van der Waals surface area (Å²) >= 11 is 0. The Bertz CT molecular complexity index is 859. The second kappa shape index (κ2) is 6.27. The van der Waals surface area contributed by atoms with E-state index in [1.165, 1.54) is 0 Å². The van der Waals surface area contributed by atoms with Crippen LogP contribution in [0.5, 0.6) is 0 Å². The van der Waals surface area contributed by atoms with Crippen LogP contribution >= 0.6 is 0 Å². The van der Waals surface area contributed by atoms with E-state index in [0.717, 1.165) is 53.0 Å². The average Bonchev–Trinajstić information content (AvgIpc) is 3.31. The Morgan fingerprint density at radius 1 is 1.40 bits per heavy atom. The molecule has 1 aliphatic heterocycles. The van der Waals surface area contributed by atoms with E-state index in [4.69, 9.17) is 4.52 Å². The number of para-hydroxylation sites is 1. The number of hydrogen-bond acceptors (Lipinski definition) is 3. The fraction of sp³-hybridized carbons (Fsp3) is 0.368. The zero-order valence-corrected chi connectivity index (χ0v) is 14.5. The van der Waals surface area contributed by atoms with E-state index >= 15 is 0 Å². The van der Waals surface area contributed by atoms with Crippen LogP contribution in [0.2, 0.25) is 0 Å². The van der Waals surface area contributed by atoms with E-state index in [1.54, 1.807) is 0 Å². The molecular weight excluding hydrogens is 316 g/mol. The summed E-state index contributed by atoms with van der Waals surface area (Å²) < 4.78 is 5.29. The van der Waals surface area contributed by atoms with Gasteiger partial charge in [0, 0.05) is 23.3 Å². The van der Waals surface area contributed by atoms with Crippen molar-refractivity contribution in [2.45, 2.75) is 39.3 Å². The number of hydrogen-bond donors (Lipinski definition) is 2. The average molecular weight is 338 g/mol. The van der Waals surface area contributed by atoms with Gasteiger partial charge in [0.25, 0.3) is 0 Å². The Balaban J connectivity index is 1.46. The van der Waals surface area contributed by atoms with E-state index in [0.29, 0.717) is 6.54 Å². The van der Waals surface area contributed by atoms with Crippen molar-refractivity contribution in [2.24, 2.45) is 0 Å². The third-order valence-electron chi connectivity index (χ3n) is 4.95. The summed E-state index contributed by atoms with van der Waals surface area (Å²) in [5.74, 6) is 0.804. The summed E-state index contributed by atoms with van der Waals surface area (Å²) in [5, 5.41) is 8.23. The highest BCUT2D eigenvalue weighted by molar-refractivity contribution is 5.80. The Kier molecular flexibility index (Phi) is 3.95. The molecule has 25 heavy (non-hydrogen) atoms. The largest absolute Gasteiger partial charge is 0.361 e. The lowest BCUT2D eigenvalue weighted by Crippen LogP contribution is -2.39. The van der Waals surface area contributed by atoms with E-state index in [1.807, 2.05) is 36.9 Å². The molecular formula is C19H22N4O2. The molecule has 1 atom stereocenters. The van der Waals surface area contributed by atoms with Gasteiger partial charge in [0.15, 0.2) is 0 Å². The summed E-state index contributed by atoms with van der Waals surface area (Å²) in [6, 6.07) is 10.2. The number of nitrogens with zero attached hydrogens (tertiary/aromatic N) is 2. The van der Waals surface area contributed by atoms with Gasteiger partial charge in [0.05, 0.1) is 18.3 Å². The van der Waals surface area contributed by atoms with Crippen LogP contribution in [0.15, 0.2) is 34.9 Å². The van der Waals surface area contributed by atoms with Gasteiger partial charge in [-0.05, 0) is 44.2 Å². The highest BCUT2D eigenvalue weighted by Crippen LogP contribution is 2.35. The lowest BCUT2D eigenvalue weighted by Gasteiger charge is -2.25. The number of benzene rings is 1. The summed E-state index contributed by atoms with van der Waals surface area (Å²) in [5.41, 5.74) is 4.01. The topological polar surface area (TPSA) is 74.2 Å². The number of H-pyrrole nitrogens is 1. The third-order valence-corrected chi connectivity index (χ3v) is 4.95. The fourth-order valence-electron chi connectivity index (χ4n) is 3.78. The predicted molar refractivity (Wildman–Crippen MR) is 95.2 cm³/mol. The summed E-state index contributed by atoms with van der Waals surface area (Å²) in [4.78, 5) is 18.0. The van der Waals surface area contributed by atoms with Crippen LogP contribution in [0.4, 0.5) is 4.79 Å². The van der Waals surface area contributed by atoms with Crippen molar-refractivity contribution in [3.63, 3.8) is 0 Å². The molecule has 4 rings (SSSR count). The van der Waals surface area contributed by atoms with Crippen molar-refractivity contribution in [1.82, 2.24) is 20.4 Å². The molecule has 6 nitrogen and oxygen atoms in total. The number of aryl methyl sites for hydroxylation is 2. The van der Waals surface area contributed by atoms with Crippen LogP contribution in [-0.4, -0.2) is 27.6 Å². The maximum atomic E-state index is 12.7. The quantitative estimate of drug-likeness (QED) is 0.762. The number of urea groups is 1. The number of nitrogens with one attached hydrogen (secondary N) is 2. The summed E-state index contributed by atoms with van der Waals surface area (Å²) in [7, 11) is 0. The number of likely N-dealkylation sites (tertiary alicyclic amines) is 1. The number of carbonyl (C=O) groups is 1. The van der Waals surface area contributed by atoms with Crippen molar-refractivity contribution in [3.05, 3.63) is 53.0 Å². The SMILES string of the molecule is Cc1noc(C)c1[C@H]1CCCN1C(=O)NCc1cc2ccccc2[nH]1. The van der Waals surface area contributed by atoms with Gasteiger partial charge in [-0.3, -0.25) is 0 Å². The number of carbonyl (C=O) groups excluding carboxylic acids is 1. The van der Waals surface area contributed by atoms with E-state index < -0.39 is 0 Å². The maximum Gasteiger partial charge on any atom is 0.318 e. The molecule has 0 radical (unpaired) electrons. The second-order valence-corrected chi connectivity index (χ2v) is 6.63. The van der Waals surface area contributed by atoms with Gasteiger partial charge in [0.1, 0.15) is 5.76 Å². The van der Waals surface area contributed by atoms with Gasteiger partial charge in [-0.2, -0.15) is 0 Å². The Morgan fingerprint density at radius 3 is 3.00 bits per heavy atom. The zero-order chi connectivity index (χ0) is 17.4. The lowest BCUT2D eigenvalue weighted by atomic mass is 10.0. The van der Waals surface area contributed by atoms with Crippen LogP contribution in [0, 0.1) is 13.8 Å². The van der Waals surface area contributed by atoms with Crippen LogP contribution < -0.4 is 5.32 Å². The smallest absolute Gasteiger partial charge is 0.318 e. The highest BCUT2D eigenvalue weighted by atomic mass is 16.5. The van der Waals surface area contributed by atoms with E-state index in [-0.39, 0.29) is 12.1 Å². The highest BCUT2D eigenvalue weighted by Gasteiger charge is 2.33. The minimum absolute atomic E-state index is 0.0406. The molecule has 130 valence electrons. The van der Waals surface area contributed by atoms with Crippen LogP contribution in [0.3, 0.4) is 0 Å². The van der Waals surface area contributed by atoms with E-state index in [9.17, 15) is 4.79 Å². The predicted octanol–water partition coefficient (Wildman–Crippen LogP) is 3.82. The minimum Gasteiger partial charge on any atom is -0.361 e. The van der Waals surface area contributed by atoms with Crippen LogP contribution in [0.1, 0.15) is 41.6 Å². The molecule has 1 aliphatic rings. The Labute approximate surface area is 146 Å². The van der Waals surface area contributed by atoms with Gasteiger partial charge in [-0.25, -0.2) is 4.79 Å². The van der Waals surface area contributed by atoms with Crippen molar-refractivity contribution in [3.8, 4) is 0 Å². The molecule has 0 saturated carbocycles. The van der Waals surface area contributed by atoms with Gasteiger partial charge in [-0.15, -0.1) is 0 Å². The number of fused-ring (bicyclic) bond motifs is 1. The van der Waals surface area contributed by atoms with Gasteiger partial charge >= 0.3 is 6.03 Å². The van der Waals surface area contributed by atoms with E-state index in [2.05, 4.69) is 27.6 Å². The van der Waals surface area contributed by atoms with Gasteiger partial charge in [-0.1, -0.05) is 23.4 Å². The first-order valence-electron chi connectivity index (χ1n) is 8.67. The molecule has 2 N–H and O–H groups in total. The van der Waals surface area contributed by atoms with Crippen LogP contribution in [0.25, 0.3) is 10.9 Å². The standard InChI is InChI=1S/C19H22N4O2/c1-12-18(13(2)25-22-12)17-8-5-9-23(17)19(24)20-11-15-10-14-6-3-4-7-16(14)21-15/h3-4,6-7,10,17,21H,5,8-9,11H2,1-2H3,(H,20,24)/t17-/m1/s1. The molecule has 3 aromatic rings. The minimum atomic E-state index is -0.0406. The second-order valence-electron chi connectivity index (χ2n) is 6.63. The molecule has 3 heterocycles. The van der Waals surface area contributed by atoms with Crippen LogP contribution in [-0.2, 0) is 6.54 Å². The molecule has 0 bridgehead atoms. The van der Waals surface area contributed by atoms with Crippen molar-refractivity contribution >= 4 is 16.9 Å². The molecule has 1 aromatic carbocycles. The number of rotatable bonds is 3. The third kappa shape index (κ3) is 2.88. The first-order valence-corrected chi connectivity index (χ1v) is 8.67. The molecule has 1 fully saturated rings. The molecule has 2 aromatic heterocycles. The fourth-order valence-corrected chi connectivity index (χ4v) is 3.78. The summed E-state index contributed by atoms with van der Waals surface area (Å²) in [6.07, 6.45) is 1.94. The summed E-state index contributed by atoms with van der Waals surface area (Å²) in [6.45, 7) is 5.09. The first-order chi connectivity index (χ1) is 12.1. The lowest BCUT2D eigenvalue weighted by molar-refractivity contribution is 0.192. The Morgan fingerprint density at radius 2 is 2.24 bits per heavy atom. The monoisotopic (exact) mass is 338 g/mol. The van der Waals surface area contributed by atoms with Crippen molar-refractivity contribution in [2.75, 3.05) is 6.54 Å². The van der Waals surface area contributed by atoms with Gasteiger partial charge < -0.3 is 19.7 Å². The van der Waals surface area contributed by atoms with Gasteiger partial charge in [0.2, 0.25) is 0 Å². The molecule has 1 saturated heterocycles. The number of aromatic nitrogens is 2. The Hall–Kier alpha value is -2.76. The maximum absolute atomic E-state index is 12.7. The number of aromatic amines is 1. The molecule has 0 unspecified atom stereocenters.